The number of amides is 2. The molecular formula is C27H27FN4O2. The number of hydrogen-bond donors (Lipinski definition) is 3. The standard InChI is InChI=1S/C27H27FN4O2/c1-3-16-6-8-17(9-7-16)21-15-18(32-14-4-5-23(32)33)10-11-19(21)20-12-13-22(31-2)24(25(20)28)26(29)27(30)34/h6-13,15,29,31H,3-5,14H2,1-2H3,(H2,30,34). The van der Waals surface area contributed by atoms with Gasteiger partial charge in [-0.1, -0.05) is 37.3 Å². The van der Waals surface area contributed by atoms with Crippen LogP contribution in [-0.4, -0.2) is 31.1 Å². The molecule has 174 valence electrons. The van der Waals surface area contributed by atoms with Gasteiger partial charge in [0.1, 0.15) is 11.5 Å². The lowest BCUT2D eigenvalue weighted by Crippen LogP contribution is -2.25. The highest BCUT2D eigenvalue weighted by atomic mass is 19.1. The zero-order valence-electron chi connectivity index (χ0n) is 19.2. The summed E-state index contributed by atoms with van der Waals surface area (Å²) in [5.41, 5.74) is 9.26. The smallest absolute Gasteiger partial charge is 0.267 e. The van der Waals surface area contributed by atoms with Crippen molar-refractivity contribution in [2.75, 3.05) is 23.8 Å². The highest BCUT2D eigenvalue weighted by Gasteiger charge is 2.25. The zero-order chi connectivity index (χ0) is 24.4. The van der Waals surface area contributed by atoms with E-state index in [4.69, 9.17) is 11.1 Å². The first-order valence-corrected chi connectivity index (χ1v) is 11.3. The van der Waals surface area contributed by atoms with Gasteiger partial charge in [-0.05, 0) is 59.4 Å². The highest BCUT2D eigenvalue weighted by molar-refractivity contribution is 6.44. The van der Waals surface area contributed by atoms with Gasteiger partial charge in [-0.15, -0.1) is 0 Å². The van der Waals surface area contributed by atoms with Gasteiger partial charge in [0, 0.05) is 37.0 Å². The molecule has 0 radical (unpaired) electrons. The number of nitrogens with zero attached hydrogens (tertiary/aromatic N) is 1. The Hall–Kier alpha value is -4.00. The average molecular weight is 459 g/mol. The third kappa shape index (κ3) is 4.17. The van der Waals surface area contributed by atoms with E-state index in [0.29, 0.717) is 24.2 Å². The van der Waals surface area contributed by atoms with Crippen molar-refractivity contribution in [2.45, 2.75) is 26.2 Å². The zero-order valence-corrected chi connectivity index (χ0v) is 19.2. The topological polar surface area (TPSA) is 99.3 Å². The third-order valence-corrected chi connectivity index (χ3v) is 6.26. The molecule has 3 aromatic rings. The van der Waals surface area contributed by atoms with Crippen LogP contribution in [0, 0.1) is 11.2 Å². The number of halogens is 1. The molecule has 4 rings (SSSR count). The lowest BCUT2D eigenvalue weighted by molar-refractivity contribution is -0.117. The second-order valence-corrected chi connectivity index (χ2v) is 8.27. The number of rotatable bonds is 7. The molecule has 0 aromatic heterocycles. The van der Waals surface area contributed by atoms with Gasteiger partial charge < -0.3 is 16.0 Å². The Morgan fingerprint density at radius 3 is 2.38 bits per heavy atom. The van der Waals surface area contributed by atoms with Gasteiger partial charge in [-0.25, -0.2) is 4.39 Å². The first-order valence-electron chi connectivity index (χ1n) is 11.3. The average Bonchev–Trinajstić information content (AvgIpc) is 3.29. The van der Waals surface area contributed by atoms with E-state index >= 15 is 4.39 Å². The van der Waals surface area contributed by atoms with E-state index in [-0.39, 0.29) is 17.0 Å². The van der Waals surface area contributed by atoms with E-state index in [1.807, 2.05) is 36.4 Å². The fourth-order valence-electron chi connectivity index (χ4n) is 4.38. The molecule has 0 bridgehead atoms. The fourth-order valence-corrected chi connectivity index (χ4v) is 4.38. The maximum Gasteiger partial charge on any atom is 0.267 e. The van der Waals surface area contributed by atoms with Crippen LogP contribution in [-0.2, 0) is 16.0 Å². The molecule has 1 aliphatic heterocycles. The molecule has 1 aliphatic rings. The first-order chi connectivity index (χ1) is 16.3. The molecule has 7 heteroatoms. The summed E-state index contributed by atoms with van der Waals surface area (Å²) in [6.07, 6.45) is 2.22. The van der Waals surface area contributed by atoms with Crippen LogP contribution >= 0.6 is 0 Å². The molecule has 4 N–H and O–H groups in total. The minimum atomic E-state index is -1.01. The SMILES string of the molecule is CCc1ccc(-c2cc(N3CCCC3=O)ccc2-c2ccc(NC)c(C(=N)C(N)=O)c2F)cc1. The summed E-state index contributed by atoms with van der Waals surface area (Å²) in [5.74, 6) is -1.64. The molecule has 1 saturated heterocycles. The lowest BCUT2D eigenvalue weighted by atomic mass is 9.90. The number of aryl methyl sites for hydroxylation is 1. The van der Waals surface area contributed by atoms with Gasteiger partial charge in [0.15, 0.2) is 0 Å². The molecule has 0 atom stereocenters. The Morgan fingerprint density at radius 2 is 1.79 bits per heavy atom. The molecule has 2 amide bonds. The second-order valence-electron chi connectivity index (χ2n) is 8.27. The first kappa shape index (κ1) is 23.2. The molecule has 3 aromatic carbocycles. The predicted octanol–water partition coefficient (Wildman–Crippen LogP) is 4.74. The van der Waals surface area contributed by atoms with Crippen molar-refractivity contribution in [2.24, 2.45) is 5.73 Å². The largest absolute Gasteiger partial charge is 0.387 e. The van der Waals surface area contributed by atoms with Crippen molar-refractivity contribution < 1.29 is 14.0 Å². The summed E-state index contributed by atoms with van der Waals surface area (Å²) in [7, 11) is 1.59. The molecule has 0 spiro atoms. The van der Waals surface area contributed by atoms with Gasteiger partial charge in [0.05, 0.1) is 5.56 Å². The Balaban J connectivity index is 1.94. The summed E-state index contributed by atoms with van der Waals surface area (Å²) in [5, 5.41) is 10.9. The van der Waals surface area contributed by atoms with Crippen molar-refractivity contribution >= 4 is 28.9 Å². The van der Waals surface area contributed by atoms with E-state index in [2.05, 4.69) is 12.2 Å². The molecule has 0 saturated carbocycles. The molecule has 34 heavy (non-hydrogen) atoms. The van der Waals surface area contributed by atoms with Crippen molar-refractivity contribution in [3.8, 4) is 22.3 Å². The molecule has 1 fully saturated rings. The fraction of sp³-hybridized carbons (Fsp3) is 0.222. The van der Waals surface area contributed by atoms with Crippen LogP contribution in [0.1, 0.15) is 30.9 Å². The summed E-state index contributed by atoms with van der Waals surface area (Å²) in [4.78, 5) is 25.8. The second kappa shape index (κ2) is 9.47. The van der Waals surface area contributed by atoms with Crippen LogP contribution in [0.2, 0.25) is 0 Å². The van der Waals surface area contributed by atoms with Crippen LogP contribution in [0.3, 0.4) is 0 Å². The van der Waals surface area contributed by atoms with Crippen molar-refractivity contribution in [3.05, 3.63) is 71.5 Å². The van der Waals surface area contributed by atoms with E-state index in [1.54, 1.807) is 30.1 Å². The lowest BCUT2D eigenvalue weighted by Gasteiger charge is -2.20. The van der Waals surface area contributed by atoms with Crippen LogP contribution in [0.15, 0.2) is 54.6 Å². The third-order valence-electron chi connectivity index (χ3n) is 6.26. The Kier molecular flexibility index (Phi) is 6.45. The Morgan fingerprint density at radius 1 is 1.09 bits per heavy atom. The summed E-state index contributed by atoms with van der Waals surface area (Å²) >= 11 is 0. The van der Waals surface area contributed by atoms with Crippen molar-refractivity contribution in [3.63, 3.8) is 0 Å². The minimum absolute atomic E-state index is 0.0711. The monoisotopic (exact) mass is 458 g/mol. The van der Waals surface area contributed by atoms with Crippen LogP contribution in [0.5, 0.6) is 0 Å². The number of primary amides is 1. The van der Waals surface area contributed by atoms with Crippen LogP contribution in [0.25, 0.3) is 22.3 Å². The van der Waals surface area contributed by atoms with Gasteiger partial charge >= 0.3 is 0 Å². The highest BCUT2D eigenvalue weighted by Crippen LogP contribution is 2.39. The van der Waals surface area contributed by atoms with E-state index in [9.17, 15) is 9.59 Å². The van der Waals surface area contributed by atoms with Crippen molar-refractivity contribution in [1.82, 2.24) is 0 Å². The number of nitrogens with two attached hydrogens (primary N) is 1. The Bertz CT molecular complexity index is 1280. The van der Waals surface area contributed by atoms with Crippen LogP contribution < -0.4 is 16.0 Å². The van der Waals surface area contributed by atoms with Crippen molar-refractivity contribution in [1.29, 1.82) is 5.41 Å². The molecule has 1 heterocycles. The molecule has 6 nitrogen and oxygen atoms in total. The van der Waals surface area contributed by atoms with E-state index in [0.717, 1.165) is 29.7 Å². The van der Waals surface area contributed by atoms with E-state index in [1.165, 1.54) is 5.56 Å². The Labute approximate surface area is 198 Å². The van der Waals surface area contributed by atoms with Gasteiger partial charge in [0.2, 0.25) is 5.91 Å². The quantitative estimate of drug-likeness (QED) is 0.446. The molecular weight excluding hydrogens is 431 g/mol. The minimum Gasteiger partial charge on any atom is -0.387 e. The molecule has 0 unspecified atom stereocenters. The maximum atomic E-state index is 15.8. The number of hydrogen-bond acceptors (Lipinski definition) is 4. The summed E-state index contributed by atoms with van der Waals surface area (Å²) in [6, 6.07) is 16.8. The maximum absolute atomic E-state index is 15.8. The molecule has 0 aliphatic carbocycles. The number of anilines is 2. The number of carbonyl (C=O) groups excluding carboxylic acids is 2. The van der Waals surface area contributed by atoms with Gasteiger partial charge in [-0.3, -0.25) is 15.0 Å². The predicted molar refractivity (Wildman–Crippen MR) is 134 cm³/mol. The van der Waals surface area contributed by atoms with Gasteiger partial charge in [0.25, 0.3) is 5.91 Å². The van der Waals surface area contributed by atoms with Crippen LogP contribution in [0.4, 0.5) is 15.8 Å². The van der Waals surface area contributed by atoms with Gasteiger partial charge in [-0.2, -0.15) is 0 Å². The number of benzene rings is 3. The summed E-state index contributed by atoms with van der Waals surface area (Å²) in [6.45, 7) is 2.73. The number of nitrogens with one attached hydrogen (secondary N) is 2. The summed E-state index contributed by atoms with van der Waals surface area (Å²) < 4.78 is 15.8. The normalized spacial score (nSPS) is 13.3. The number of carbonyl (C=O) groups is 2. The van der Waals surface area contributed by atoms with E-state index < -0.39 is 17.4 Å².